The number of esters is 4. The van der Waals surface area contributed by atoms with Crippen LogP contribution in [0, 0.1) is 0 Å². The molecule has 0 aromatic carbocycles. The second kappa shape index (κ2) is 123. The van der Waals surface area contributed by atoms with Crippen LogP contribution >= 0.6 is 0 Å². The second-order valence-corrected chi connectivity index (χ2v) is 33.2. The number of Topliss-reactive ketones (excluding diaryl/α,β-unsaturated/α-hetero) is 2. The van der Waals surface area contributed by atoms with Crippen molar-refractivity contribution in [3.05, 3.63) is 194 Å². The lowest BCUT2D eigenvalue weighted by Crippen LogP contribution is -2.45. The zero-order valence-corrected chi connectivity index (χ0v) is 83.8. The minimum Gasteiger partial charge on any atom is -0.463 e. The fraction of sp³-hybridized carbons (Fsp3) is 0.661. The zero-order valence-electron chi connectivity index (χ0n) is 83.8. The van der Waals surface area contributed by atoms with Crippen LogP contribution in [0.25, 0.3) is 0 Å². The van der Waals surface area contributed by atoms with Crippen LogP contribution in [-0.2, 0) is 57.3 Å². The molecule has 136 heavy (non-hydrogen) atoms. The van der Waals surface area contributed by atoms with E-state index in [0.29, 0.717) is 102 Å². The van der Waals surface area contributed by atoms with Crippen molar-refractivity contribution in [2.45, 2.75) is 422 Å². The maximum Gasteiger partial charge on any atom is 0.306 e. The van der Waals surface area contributed by atoms with Gasteiger partial charge in [0.2, 0.25) is 11.8 Å². The van der Waals surface area contributed by atoms with Gasteiger partial charge in [-0.1, -0.05) is 309 Å². The van der Waals surface area contributed by atoms with Gasteiger partial charge in [-0.05, 0) is 275 Å². The molecule has 792 valence electrons. The van der Waals surface area contributed by atoms with Crippen LogP contribution in [0.4, 0.5) is 0 Å². The van der Waals surface area contributed by atoms with Crippen molar-refractivity contribution >= 4 is 47.3 Å². The van der Waals surface area contributed by atoms with Crippen LogP contribution in [0.2, 0.25) is 0 Å². The van der Waals surface area contributed by atoms with Gasteiger partial charge in [-0.2, -0.15) is 0 Å². The standard InChI is InChI=1S/C28H48N2O2.C28H47NO3.C27H46N2O3.C27H45NO4.8CH4/c1-5-7-9-11-13-15-17-19-21-27(31)24-23-26(25-30(3)4)29-28(32)22-20-18-16-14-12-10-8-6-2;1-5-7-9-11-13-15-17-19-21-26(30)23-24-27(25-29(3)4)32-28(31)22-20-18-16-14-12-10-8-6-2;1-5-7-9-11-13-15-17-19-21-26(30)28-25(23-29(3)4)24-32-27(31)22-20-18-16-14-12-10-8-6-2;1-5-7-9-11-13-15-17-19-21-26(29)31-24-25(23-28(3)4)32-27(30)22-20-18-16-14-12-10-8-6-2;;;;;;;;/h7-10,13-16,26H,5-6,11-12,17-25H2,1-4H3,(H,29,32);7-10,13-16,27H,5-6,11-12,17-25H2,1-4H3;7-10,13-16,25H,5-6,11-12,17-24H2,1-4H3,(H,28,30);7-10,13-16,25H,5-6,11-12,17-24H2,1-4H3;8*1H4/b4*9-7-,10-8-,15-13-,16-14-;;;;;;;;. The first-order chi connectivity index (χ1) is 62.0. The molecular formula is C118H218N6O12. The van der Waals surface area contributed by atoms with Crippen LogP contribution < -0.4 is 10.6 Å². The number of unbranched alkanes of at least 4 members (excludes halogenated alkanes) is 8. The highest BCUT2D eigenvalue weighted by atomic mass is 16.6. The summed E-state index contributed by atoms with van der Waals surface area (Å²) in [5.74, 6) is -0.202. The summed E-state index contributed by atoms with van der Waals surface area (Å²) in [5.41, 5.74) is 0. The Labute approximate surface area is 841 Å². The fourth-order valence-electron chi connectivity index (χ4n) is 12.4. The van der Waals surface area contributed by atoms with Crippen molar-refractivity contribution in [1.82, 2.24) is 30.2 Å². The summed E-state index contributed by atoms with van der Waals surface area (Å²) in [4.78, 5) is 106. The molecule has 4 atom stereocenters. The number of rotatable bonds is 78. The van der Waals surface area contributed by atoms with E-state index in [0.717, 1.165) is 212 Å². The van der Waals surface area contributed by atoms with Gasteiger partial charge in [0, 0.05) is 96.4 Å². The number of ketones is 2. The van der Waals surface area contributed by atoms with Crippen LogP contribution in [0.3, 0.4) is 0 Å². The SMILES string of the molecule is C.C.C.C.C.C.C.C.CC/C=C\C/C=C\CCCC(=O)CCC(CN(C)C)NC(=O)CCC/C=C\C/C=C\CC.CC/C=C\C/C=C\CCCC(=O)CCC(CN(C)C)OC(=O)CCC/C=C\C/C=C\CC.CC/C=C\C/C=C\CCCC(=O)NC(COC(=O)CCC/C=C\C/C=C\CC)CN(C)C.CC/C=C\C/C=C\CCCC(=O)OCC(CN(C)C)OC(=O)CCC/C=C\C/C=C\CC. The quantitative estimate of drug-likeness (QED) is 0.0251. The largest absolute Gasteiger partial charge is 0.463 e. The molecule has 18 nitrogen and oxygen atoms in total. The van der Waals surface area contributed by atoms with Gasteiger partial charge in [0.05, 0.1) is 6.04 Å². The molecule has 18 heteroatoms. The first-order valence-electron chi connectivity index (χ1n) is 49.3. The van der Waals surface area contributed by atoms with Gasteiger partial charge in [-0.3, -0.25) is 38.4 Å². The molecule has 0 aromatic rings. The third-order valence-electron chi connectivity index (χ3n) is 19.0. The second-order valence-electron chi connectivity index (χ2n) is 33.2. The van der Waals surface area contributed by atoms with E-state index in [1.54, 1.807) is 0 Å². The summed E-state index contributed by atoms with van der Waals surface area (Å²) >= 11 is 0. The average Bonchev–Trinajstić information content (AvgIpc) is 0.955. The van der Waals surface area contributed by atoms with Gasteiger partial charge in [0.1, 0.15) is 37.0 Å². The van der Waals surface area contributed by atoms with Gasteiger partial charge in [0.15, 0.2) is 0 Å². The van der Waals surface area contributed by atoms with Crippen LogP contribution in [0.1, 0.15) is 397 Å². The van der Waals surface area contributed by atoms with Crippen molar-refractivity contribution in [3.63, 3.8) is 0 Å². The van der Waals surface area contributed by atoms with Gasteiger partial charge in [0.25, 0.3) is 0 Å². The number of hydrogen-bond donors (Lipinski definition) is 2. The third kappa shape index (κ3) is 128. The van der Waals surface area contributed by atoms with E-state index in [-0.39, 0.29) is 132 Å². The van der Waals surface area contributed by atoms with Gasteiger partial charge >= 0.3 is 23.9 Å². The molecule has 0 bridgehead atoms. The maximum atomic E-state index is 12.3. The summed E-state index contributed by atoms with van der Waals surface area (Å²) in [5, 5.41) is 6.15. The number of ether oxygens (including phenoxy) is 4. The molecule has 4 unspecified atom stereocenters. The molecule has 0 saturated carbocycles. The van der Waals surface area contributed by atoms with E-state index < -0.39 is 6.10 Å². The fourth-order valence-corrected chi connectivity index (χ4v) is 12.4. The molecule has 0 aliphatic rings. The van der Waals surface area contributed by atoms with Crippen molar-refractivity contribution in [2.75, 3.05) is 95.8 Å². The minimum absolute atomic E-state index is 0. The Hall–Kier alpha value is -8.16. The van der Waals surface area contributed by atoms with E-state index in [2.05, 4.69) is 265 Å². The van der Waals surface area contributed by atoms with E-state index >= 15 is 0 Å². The predicted molar refractivity (Wildman–Crippen MR) is 598 cm³/mol. The zero-order chi connectivity index (χ0) is 95.5. The normalized spacial score (nSPS) is 12.4. The maximum absolute atomic E-state index is 12.3. The van der Waals surface area contributed by atoms with Crippen LogP contribution in [0.15, 0.2) is 194 Å². The molecule has 0 aliphatic heterocycles. The Bertz CT molecular complexity index is 2780. The lowest BCUT2D eigenvalue weighted by Gasteiger charge is -2.22. The molecule has 0 radical (unpaired) electrons. The van der Waals surface area contributed by atoms with Crippen molar-refractivity contribution in [1.29, 1.82) is 0 Å². The van der Waals surface area contributed by atoms with Gasteiger partial charge in [-0.25, -0.2) is 0 Å². The highest BCUT2D eigenvalue weighted by molar-refractivity contribution is 5.79. The van der Waals surface area contributed by atoms with E-state index in [1.807, 2.05) is 71.1 Å². The number of allylic oxidation sites excluding steroid dienone is 32. The van der Waals surface area contributed by atoms with Crippen molar-refractivity contribution in [2.24, 2.45) is 0 Å². The molecule has 0 heterocycles. The highest BCUT2D eigenvalue weighted by Crippen LogP contribution is 2.15. The number of carbonyl (C=O) groups excluding carboxylic acids is 8. The monoisotopic (exact) mass is 1910 g/mol. The molecule has 0 aromatic heterocycles. The van der Waals surface area contributed by atoms with E-state index in [9.17, 15) is 38.4 Å². The van der Waals surface area contributed by atoms with E-state index in [1.165, 1.54) is 0 Å². The molecule has 0 aliphatic carbocycles. The Morgan fingerprint density at radius 3 is 0.713 bits per heavy atom. The Morgan fingerprint density at radius 1 is 0.228 bits per heavy atom. The highest BCUT2D eigenvalue weighted by Gasteiger charge is 2.21. The minimum atomic E-state index is -0.443. The number of amides is 2. The summed E-state index contributed by atoms with van der Waals surface area (Å²) in [6, 6.07) is -0.164. The topological polar surface area (TPSA) is 210 Å². The number of nitrogens with one attached hydrogen (secondary N) is 2. The van der Waals surface area contributed by atoms with Gasteiger partial charge < -0.3 is 49.2 Å². The third-order valence-corrected chi connectivity index (χ3v) is 19.0. The summed E-state index contributed by atoms with van der Waals surface area (Å²) < 4.78 is 22.0. The molecule has 2 N–H and O–H groups in total. The Kier molecular flexibility index (Phi) is 139. The number of carbonyl (C=O) groups is 8. The lowest BCUT2D eigenvalue weighted by molar-refractivity contribution is -0.160. The predicted octanol–water partition coefficient (Wildman–Crippen LogP) is 30.5. The van der Waals surface area contributed by atoms with Crippen molar-refractivity contribution in [3.8, 4) is 0 Å². The lowest BCUT2D eigenvalue weighted by atomic mass is 10.0. The number of nitrogens with zero attached hydrogens (tertiary/aromatic N) is 4. The first kappa shape index (κ1) is 153. The summed E-state index contributed by atoms with van der Waals surface area (Å²) in [6.45, 7) is 19.9. The molecular weight excluding hydrogens is 1690 g/mol. The summed E-state index contributed by atoms with van der Waals surface area (Å²) in [7, 11) is 15.6. The van der Waals surface area contributed by atoms with Crippen molar-refractivity contribution < 1.29 is 57.3 Å². The number of hydrogen-bond acceptors (Lipinski definition) is 16. The summed E-state index contributed by atoms with van der Waals surface area (Å²) in [6.07, 6.45) is 104. The number of likely N-dealkylation sites (N-methyl/N-ethyl adjacent to an activating group) is 4. The molecule has 0 spiro atoms. The Balaban J connectivity index is -0.000000148. The smallest absolute Gasteiger partial charge is 0.306 e. The molecule has 0 fully saturated rings. The average molecular weight is 1910 g/mol. The Morgan fingerprint density at radius 2 is 0.441 bits per heavy atom. The van der Waals surface area contributed by atoms with Crippen LogP contribution in [0.5, 0.6) is 0 Å². The van der Waals surface area contributed by atoms with Gasteiger partial charge in [-0.15, -0.1) is 0 Å². The van der Waals surface area contributed by atoms with E-state index in [4.69, 9.17) is 18.9 Å². The molecule has 0 rings (SSSR count). The van der Waals surface area contributed by atoms with Crippen LogP contribution in [-0.4, -0.2) is 187 Å². The molecule has 2 amide bonds. The first-order valence-corrected chi connectivity index (χ1v) is 49.3. The molecule has 0 saturated heterocycles.